The molecular weight excluding hydrogens is 298 g/mol. The Kier molecular flexibility index (Phi) is 4.01. The van der Waals surface area contributed by atoms with E-state index < -0.39 is 0 Å². The van der Waals surface area contributed by atoms with Crippen molar-refractivity contribution in [2.45, 2.75) is 26.4 Å². The molecule has 24 heavy (non-hydrogen) atoms. The number of aryl methyl sites for hydroxylation is 1. The van der Waals surface area contributed by atoms with Gasteiger partial charge in [-0.15, -0.1) is 0 Å². The van der Waals surface area contributed by atoms with Crippen molar-refractivity contribution in [1.82, 2.24) is 24.8 Å². The molecular formula is C19H19N5. The largest absolute Gasteiger partial charge is 0.291 e. The molecule has 0 aliphatic carbocycles. The molecule has 0 saturated heterocycles. The molecule has 5 nitrogen and oxygen atoms in total. The van der Waals surface area contributed by atoms with Crippen LogP contribution < -0.4 is 0 Å². The minimum Gasteiger partial charge on any atom is -0.291 e. The van der Waals surface area contributed by atoms with Crippen LogP contribution in [0.4, 0.5) is 0 Å². The molecule has 3 aromatic rings. The van der Waals surface area contributed by atoms with E-state index in [1.807, 2.05) is 36.7 Å². The Morgan fingerprint density at radius 1 is 1.04 bits per heavy atom. The zero-order chi connectivity index (χ0) is 16.4. The van der Waals surface area contributed by atoms with Crippen molar-refractivity contribution in [3.63, 3.8) is 0 Å². The Balaban J connectivity index is 1.57. The Morgan fingerprint density at radius 3 is 2.79 bits per heavy atom. The lowest BCUT2D eigenvalue weighted by atomic mass is 10.1. The van der Waals surface area contributed by atoms with Crippen LogP contribution in [-0.4, -0.2) is 31.4 Å². The van der Waals surface area contributed by atoms with Crippen LogP contribution in [0.1, 0.15) is 22.5 Å². The summed E-state index contributed by atoms with van der Waals surface area (Å²) in [5, 5.41) is 0. The van der Waals surface area contributed by atoms with E-state index in [9.17, 15) is 0 Å². The Hall–Kier alpha value is -2.66. The van der Waals surface area contributed by atoms with Gasteiger partial charge in [-0.1, -0.05) is 12.1 Å². The maximum absolute atomic E-state index is 4.76. The molecule has 120 valence electrons. The molecule has 0 unspecified atom stereocenters. The maximum atomic E-state index is 4.76. The molecule has 0 aromatic carbocycles. The second-order valence-corrected chi connectivity index (χ2v) is 6.11. The Morgan fingerprint density at radius 2 is 1.96 bits per heavy atom. The molecule has 5 heteroatoms. The van der Waals surface area contributed by atoms with Gasteiger partial charge in [-0.3, -0.25) is 14.9 Å². The van der Waals surface area contributed by atoms with Crippen molar-refractivity contribution >= 4 is 0 Å². The zero-order valence-electron chi connectivity index (χ0n) is 13.7. The molecule has 1 aliphatic heterocycles. The predicted molar refractivity (Wildman–Crippen MR) is 92.1 cm³/mol. The maximum Gasteiger partial charge on any atom is 0.178 e. The van der Waals surface area contributed by atoms with Gasteiger partial charge in [0.2, 0.25) is 0 Å². The van der Waals surface area contributed by atoms with Crippen LogP contribution in [0.25, 0.3) is 11.5 Å². The number of rotatable bonds is 3. The summed E-state index contributed by atoms with van der Waals surface area (Å²) in [7, 11) is 0. The summed E-state index contributed by atoms with van der Waals surface area (Å²) in [6.07, 6.45) is 6.56. The van der Waals surface area contributed by atoms with E-state index in [-0.39, 0.29) is 0 Å². The van der Waals surface area contributed by atoms with Gasteiger partial charge < -0.3 is 0 Å². The Bertz CT molecular complexity index is 847. The molecule has 4 heterocycles. The zero-order valence-corrected chi connectivity index (χ0v) is 13.7. The van der Waals surface area contributed by atoms with E-state index >= 15 is 0 Å². The quantitative estimate of drug-likeness (QED) is 0.743. The molecule has 0 saturated carbocycles. The monoisotopic (exact) mass is 317 g/mol. The lowest BCUT2D eigenvalue weighted by Gasteiger charge is -2.28. The topological polar surface area (TPSA) is 54.8 Å². The third kappa shape index (κ3) is 3.03. The van der Waals surface area contributed by atoms with E-state index in [0.29, 0.717) is 5.82 Å². The number of hydrogen-bond acceptors (Lipinski definition) is 5. The number of aromatic nitrogens is 4. The molecule has 0 bridgehead atoms. The standard InChI is InChI=1S/C19H19N5/c1-14-5-4-9-21-17(14)12-24-10-7-15-11-22-19(23-18(15)13-24)16-6-2-3-8-20-16/h2-6,8-9,11H,7,10,12-13H2,1H3. The lowest BCUT2D eigenvalue weighted by molar-refractivity contribution is 0.238. The Labute approximate surface area is 141 Å². The molecule has 0 fully saturated rings. The van der Waals surface area contributed by atoms with Gasteiger partial charge >= 0.3 is 0 Å². The molecule has 0 amide bonds. The van der Waals surface area contributed by atoms with E-state index in [2.05, 4.69) is 32.8 Å². The third-order valence-corrected chi connectivity index (χ3v) is 4.41. The van der Waals surface area contributed by atoms with Gasteiger partial charge in [0.05, 0.1) is 11.4 Å². The fourth-order valence-electron chi connectivity index (χ4n) is 3.01. The highest BCUT2D eigenvalue weighted by molar-refractivity contribution is 5.49. The number of hydrogen-bond donors (Lipinski definition) is 0. The lowest BCUT2D eigenvalue weighted by Crippen LogP contribution is -2.31. The predicted octanol–water partition coefficient (Wildman–Crippen LogP) is 2.80. The first-order valence-corrected chi connectivity index (χ1v) is 8.18. The van der Waals surface area contributed by atoms with Crippen molar-refractivity contribution in [2.24, 2.45) is 0 Å². The van der Waals surface area contributed by atoms with E-state index in [0.717, 1.165) is 43.1 Å². The molecule has 3 aromatic heterocycles. The minimum atomic E-state index is 0.699. The fraction of sp³-hybridized carbons (Fsp3) is 0.263. The van der Waals surface area contributed by atoms with Crippen LogP contribution >= 0.6 is 0 Å². The fourth-order valence-corrected chi connectivity index (χ4v) is 3.01. The molecule has 0 atom stereocenters. The molecule has 0 radical (unpaired) electrons. The van der Waals surface area contributed by atoms with Crippen LogP contribution in [0.3, 0.4) is 0 Å². The van der Waals surface area contributed by atoms with Crippen LogP contribution in [0.5, 0.6) is 0 Å². The number of nitrogens with zero attached hydrogens (tertiary/aromatic N) is 5. The summed E-state index contributed by atoms with van der Waals surface area (Å²) in [4.78, 5) is 20.5. The average molecular weight is 317 g/mol. The second kappa shape index (κ2) is 6.45. The average Bonchev–Trinajstić information content (AvgIpc) is 2.64. The molecule has 1 aliphatic rings. The number of fused-ring (bicyclic) bond motifs is 1. The van der Waals surface area contributed by atoms with Gasteiger partial charge in [0.1, 0.15) is 5.69 Å². The highest BCUT2D eigenvalue weighted by Crippen LogP contribution is 2.21. The second-order valence-electron chi connectivity index (χ2n) is 6.11. The first-order chi connectivity index (χ1) is 11.8. The summed E-state index contributed by atoms with van der Waals surface area (Å²) < 4.78 is 0. The first-order valence-electron chi connectivity index (χ1n) is 8.18. The summed E-state index contributed by atoms with van der Waals surface area (Å²) in [6, 6.07) is 9.90. The van der Waals surface area contributed by atoms with Crippen molar-refractivity contribution < 1.29 is 0 Å². The smallest absolute Gasteiger partial charge is 0.178 e. The van der Waals surface area contributed by atoms with Gasteiger partial charge in [-0.25, -0.2) is 9.97 Å². The third-order valence-electron chi connectivity index (χ3n) is 4.41. The summed E-state index contributed by atoms with van der Waals surface area (Å²) in [6.45, 7) is 4.81. The van der Waals surface area contributed by atoms with Gasteiger partial charge in [0, 0.05) is 38.2 Å². The van der Waals surface area contributed by atoms with Gasteiger partial charge in [0.15, 0.2) is 5.82 Å². The van der Waals surface area contributed by atoms with Crippen LogP contribution in [-0.2, 0) is 19.5 Å². The van der Waals surface area contributed by atoms with Gasteiger partial charge in [0.25, 0.3) is 0 Å². The van der Waals surface area contributed by atoms with Crippen molar-refractivity contribution in [1.29, 1.82) is 0 Å². The van der Waals surface area contributed by atoms with Gasteiger partial charge in [-0.2, -0.15) is 0 Å². The first kappa shape index (κ1) is 14.9. The molecule has 0 spiro atoms. The summed E-state index contributed by atoms with van der Waals surface area (Å²) >= 11 is 0. The van der Waals surface area contributed by atoms with Crippen molar-refractivity contribution in [3.05, 3.63) is 71.4 Å². The molecule has 4 rings (SSSR count). The molecule has 0 N–H and O–H groups in total. The van der Waals surface area contributed by atoms with Crippen molar-refractivity contribution in [3.8, 4) is 11.5 Å². The normalized spacial score (nSPS) is 14.4. The highest BCUT2D eigenvalue weighted by Gasteiger charge is 2.20. The van der Waals surface area contributed by atoms with Crippen LogP contribution in [0.2, 0.25) is 0 Å². The van der Waals surface area contributed by atoms with Crippen LogP contribution in [0, 0.1) is 6.92 Å². The van der Waals surface area contributed by atoms with E-state index in [1.165, 1.54) is 11.1 Å². The van der Waals surface area contributed by atoms with E-state index in [1.54, 1.807) is 6.20 Å². The highest BCUT2D eigenvalue weighted by atomic mass is 15.1. The number of pyridine rings is 2. The van der Waals surface area contributed by atoms with E-state index in [4.69, 9.17) is 4.98 Å². The van der Waals surface area contributed by atoms with Crippen LogP contribution in [0.15, 0.2) is 48.9 Å². The summed E-state index contributed by atoms with van der Waals surface area (Å²) in [5.41, 5.74) is 5.53. The SMILES string of the molecule is Cc1cccnc1CN1CCc2cnc(-c3ccccn3)nc2C1. The minimum absolute atomic E-state index is 0.699. The summed E-state index contributed by atoms with van der Waals surface area (Å²) in [5.74, 6) is 0.699. The van der Waals surface area contributed by atoms with Crippen molar-refractivity contribution in [2.75, 3.05) is 6.54 Å². The van der Waals surface area contributed by atoms with Gasteiger partial charge in [-0.05, 0) is 42.7 Å².